The highest BCUT2D eigenvalue weighted by atomic mass is 35.5. The van der Waals surface area contributed by atoms with Crippen LogP contribution in [0.15, 0.2) is 78.9 Å². The van der Waals surface area contributed by atoms with Gasteiger partial charge in [-0.25, -0.2) is 0 Å². The van der Waals surface area contributed by atoms with Crippen LogP contribution in [0, 0.1) is 16.0 Å². The molecule has 1 heterocycles. The lowest BCUT2D eigenvalue weighted by atomic mass is 9.76. The Kier molecular flexibility index (Phi) is 4.83. The molecule has 1 aliphatic carbocycles. The maximum atomic E-state index is 13.3. The third-order valence-corrected chi connectivity index (χ3v) is 6.37. The van der Waals surface area contributed by atoms with Crippen LogP contribution in [0.3, 0.4) is 0 Å². The molecule has 0 saturated carbocycles. The number of carbonyl (C=O) groups is 1. The molecule has 0 unspecified atom stereocenters. The van der Waals surface area contributed by atoms with Crippen molar-refractivity contribution in [2.75, 3.05) is 5.32 Å². The number of nitro benzene ring substituents is 1. The standard InChI is InChI=1S/C25H19ClN2O3/c26-17-13-21-19-10-5-11-20(19)23(16-8-4-9-18(12-16)28(30)31)27-24(21)22(14-17)25(29)15-6-2-1-3-7-15/h1-10,12-14,19-20,23,27H,11H2/t19-,20-,23-/m1/s1. The van der Waals surface area contributed by atoms with E-state index in [2.05, 4.69) is 17.5 Å². The molecule has 154 valence electrons. The first kappa shape index (κ1) is 19.5. The smallest absolute Gasteiger partial charge is 0.269 e. The number of halogens is 1. The summed E-state index contributed by atoms with van der Waals surface area (Å²) in [7, 11) is 0. The number of hydrogen-bond donors (Lipinski definition) is 1. The number of rotatable bonds is 4. The van der Waals surface area contributed by atoms with Gasteiger partial charge in [-0.1, -0.05) is 66.2 Å². The summed E-state index contributed by atoms with van der Waals surface area (Å²) < 4.78 is 0. The second-order valence-corrected chi connectivity index (χ2v) is 8.38. The van der Waals surface area contributed by atoms with E-state index < -0.39 is 0 Å². The zero-order chi connectivity index (χ0) is 21.5. The van der Waals surface area contributed by atoms with Crippen molar-refractivity contribution in [3.8, 4) is 0 Å². The molecule has 0 radical (unpaired) electrons. The van der Waals surface area contributed by atoms with Gasteiger partial charge in [-0.3, -0.25) is 14.9 Å². The third-order valence-electron chi connectivity index (χ3n) is 6.15. The van der Waals surface area contributed by atoms with Crippen molar-refractivity contribution in [2.45, 2.75) is 18.4 Å². The van der Waals surface area contributed by atoms with Crippen molar-refractivity contribution < 1.29 is 9.72 Å². The molecule has 0 aromatic heterocycles. The van der Waals surface area contributed by atoms with Gasteiger partial charge in [0.05, 0.1) is 11.0 Å². The van der Waals surface area contributed by atoms with Crippen molar-refractivity contribution in [1.82, 2.24) is 0 Å². The molecule has 6 heteroatoms. The van der Waals surface area contributed by atoms with Crippen molar-refractivity contribution >= 4 is 28.8 Å². The highest BCUT2D eigenvalue weighted by molar-refractivity contribution is 6.31. The number of anilines is 1. The first-order chi connectivity index (χ1) is 15.0. The highest BCUT2D eigenvalue weighted by Gasteiger charge is 2.40. The van der Waals surface area contributed by atoms with E-state index in [9.17, 15) is 14.9 Å². The van der Waals surface area contributed by atoms with Gasteiger partial charge in [-0.2, -0.15) is 0 Å². The summed E-state index contributed by atoms with van der Waals surface area (Å²) in [5, 5.41) is 15.4. The SMILES string of the molecule is O=C(c1ccccc1)c1cc(Cl)cc2c1N[C@H](c1cccc([N+](=O)[O-])c1)[C@@H]1CC=C[C@@H]21. The van der Waals surface area contributed by atoms with E-state index in [1.54, 1.807) is 30.3 Å². The van der Waals surface area contributed by atoms with E-state index in [1.165, 1.54) is 6.07 Å². The average molecular weight is 431 g/mol. The minimum absolute atomic E-state index is 0.0595. The van der Waals surface area contributed by atoms with Crippen LogP contribution in [0.25, 0.3) is 0 Å². The van der Waals surface area contributed by atoms with Crippen LogP contribution >= 0.6 is 11.6 Å². The van der Waals surface area contributed by atoms with E-state index in [0.29, 0.717) is 16.1 Å². The number of fused-ring (bicyclic) bond motifs is 3. The Morgan fingerprint density at radius 3 is 2.65 bits per heavy atom. The van der Waals surface area contributed by atoms with Gasteiger partial charge in [0, 0.05) is 39.9 Å². The molecule has 0 saturated heterocycles. The fourth-order valence-electron chi connectivity index (χ4n) is 4.75. The van der Waals surface area contributed by atoms with Crippen molar-refractivity contribution in [1.29, 1.82) is 0 Å². The minimum atomic E-state index is -0.380. The second-order valence-electron chi connectivity index (χ2n) is 7.94. The monoisotopic (exact) mass is 430 g/mol. The predicted molar refractivity (Wildman–Crippen MR) is 121 cm³/mol. The third kappa shape index (κ3) is 3.41. The van der Waals surface area contributed by atoms with Crippen molar-refractivity contribution in [3.63, 3.8) is 0 Å². The molecule has 0 spiro atoms. The summed E-state index contributed by atoms with van der Waals surface area (Å²) in [5.41, 5.74) is 3.75. The molecule has 1 N–H and O–H groups in total. The number of ketones is 1. The number of benzene rings is 3. The quantitative estimate of drug-likeness (QED) is 0.228. The molecule has 0 bridgehead atoms. The number of carbonyl (C=O) groups excluding carboxylic acids is 1. The Hall–Kier alpha value is -3.44. The number of nitro groups is 1. The maximum absolute atomic E-state index is 13.3. The lowest BCUT2D eigenvalue weighted by molar-refractivity contribution is -0.384. The summed E-state index contributed by atoms with van der Waals surface area (Å²) >= 11 is 6.43. The van der Waals surface area contributed by atoms with Gasteiger partial charge < -0.3 is 5.32 Å². The van der Waals surface area contributed by atoms with Gasteiger partial charge in [0.15, 0.2) is 5.78 Å². The van der Waals surface area contributed by atoms with Crippen LogP contribution in [-0.2, 0) is 0 Å². The van der Waals surface area contributed by atoms with Gasteiger partial charge in [0.25, 0.3) is 5.69 Å². The minimum Gasteiger partial charge on any atom is -0.377 e. The lowest BCUT2D eigenvalue weighted by Crippen LogP contribution is -2.30. The van der Waals surface area contributed by atoms with Crippen molar-refractivity contribution in [3.05, 3.63) is 116 Å². The van der Waals surface area contributed by atoms with E-state index in [-0.39, 0.29) is 34.3 Å². The normalized spacial score (nSPS) is 21.1. The Bertz CT molecular complexity index is 1220. The fourth-order valence-corrected chi connectivity index (χ4v) is 4.98. The fraction of sp³-hybridized carbons (Fsp3) is 0.160. The molecule has 0 fully saturated rings. The first-order valence-electron chi connectivity index (χ1n) is 10.1. The summed E-state index contributed by atoms with van der Waals surface area (Å²) in [6, 6.07) is 19.3. The number of allylic oxidation sites excluding steroid dienone is 2. The maximum Gasteiger partial charge on any atom is 0.269 e. The number of nitrogens with one attached hydrogen (secondary N) is 1. The summed E-state index contributed by atoms with van der Waals surface area (Å²) in [5.74, 6) is 0.166. The summed E-state index contributed by atoms with van der Waals surface area (Å²) in [4.78, 5) is 24.3. The molecule has 3 atom stereocenters. The molecular weight excluding hydrogens is 412 g/mol. The molecular formula is C25H19ClN2O3. The van der Waals surface area contributed by atoms with Gasteiger partial charge in [0.2, 0.25) is 0 Å². The highest BCUT2D eigenvalue weighted by Crippen LogP contribution is 2.51. The Balaban J connectivity index is 1.64. The van der Waals surface area contributed by atoms with Gasteiger partial charge in [-0.05, 0) is 35.6 Å². The molecule has 5 rings (SSSR count). The second kappa shape index (κ2) is 7.67. The van der Waals surface area contributed by atoms with Crippen LogP contribution in [-0.4, -0.2) is 10.7 Å². The van der Waals surface area contributed by atoms with Crippen LogP contribution in [0.2, 0.25) is 5.02 Å². The molecule has 5 nitrogen and oxygen atoms in total. The van der Waals surface area contributed by atoms with E-state index >= 15 is 0 Å². The Morgan fingerprint density at radius 2 is 1.87 bits per heavy atom. The topological polar surface area (TPSA) is 72.2 Å². The number of hydrogen-bond acceptors (Lipinski definition) is 4. The number of nitrogens with zero attached hydrogens (tertiary/aromatic N) is 1. The van der Waals surface area contributed by atoms with Crippen LogP contribution < -0.4 is 5.32 Å². The molecule has 31 heavy (non-hydrogen) atoms. The molecule has 3 aromatic carbocycles. The Morgan fingerprint density at radius 1 is 1.06 bits per heavy atom. The van der Waals surface area contributed by atoms with Crippen LogP contribution in [0.4, 0.5) is 11.4 Å². The van der Waals surface area contributed by atoms with Crippen LogP contribution in [0.5, 0.6) is 0 Å². The van der Waals surface area contributed by atoms with Crippen molar-refractivity contribution in [2.24, 2.45) is 5.92 Å². The zero-order valence-corrected chi connectivity index (χ0v) is 17.3. The summed E-state index contributed by atoms with van der Waals surface area (Å²) in [6.07, 6.45) is 5.14. The zero-order valence-electron chi connectivity index (χ0n) is 16.5. The van der Waals surface area contributed by atoms with E-state index in [1.807, 2.05) is 30.3 Å². The number of non-ortho nitro benzene ring substituents is 1. The molecule has 3 aromatic rings. The van der Waals surface area contributed by atoms with Gasteiger partial charge in [-0.15, -0.1) is 0 Å². The van der Waals surface area contributed by atoms with Gasteiger partial charge >= 0.3 is 0 Å². The molecule has 1 aliphatic heterocycles. The van der Waals surface area contributed by atoms with E-state index in [0.717, 1.165) is 23.2 Å². The van der Waals surface area contributed by atoms with Crippen LogP contribution in [0.1, 0.15) is 45.4 Å². The predicted octanol–water partition coefficient (Wildman–Crippen LogP) is 6.31. The Labute approximate surface area is 184 Å². The molecule has 0 amide bonds. The first-order valence-corrected chi connectivity index (χ1v) is 10.5. The lowest BCUT2D eigenvalue weighted by Gasteiger charge is -2.38. The van der Waals surface area contributed by atoms with Gasteiger partial charge in [0.1, 0.15) is 0 Å². The molecule has 2 aliphatic rings. The largest absolute Gasteiger partial charge is 0.377 e. The van der Waals surface area contributed by atoms with E-state index in [4.69, 9.17) is 11.6 Å². The summed E-state index contributed by atoms with van der Waals surface area (Å²) in [6.45, 7) is 0. The average Bonchev–Trinajstić information content (AvgIpc) is 3.29.